The molecular formula is C15H26N4OS. The van der Waals surface area contributed by atoms with Gasteiger partial charge in [-0.2, -0.15) is 0 Å². The molecule has 1 aliphatic carbocycles. The van der Waals surface area contributed by atoms with Gasteiger partial charge in [0.2, 0.25) is 0 Å². The molecule has 1 heterocycles. The van der Waals surface area contributed by atoms with E-state index in [9.17, 15) is 5.11 Å². The highest BCUT2D eigenvalue weighted by atomic mass is 32.1. The second-order valence-electron chi connectivity index (χ2n) is 5.43. The zero-order chi connectivity index (χ0) is 15.1. The number of nitrogens with one attached hydrogen (secondary N) is 2. The molecule has 118 valence electrons. The number of hydrogen-bond donors (Lipinski definition) is 3. The number of aromatic nitrogens is 1. The van der Waals surface area contributed by atoms with Crippen LogP contribution in [-0.2, 0) is 13.0 Å². The number of aryl methyl sites for hydroxylation is 1. The van der Waals surface area contributed by atoms with Crippen molar-refractivity contribution in [1.82, 2.24) is 15.6 Å². The van der Waals surface area contributed by atoms with Crippen molar-refractivity contribution in [2.45, 2.75) is 64.6 Å². The Morgan fingerprint density at radius 2 is 2.14 bits per heavy atom. The Bertz CT molecular complexity index is 452. The molecule has 0 aliphatic heterocycles. The van der Waals surface area contributed by atoms with Crippen molar-refractivity contribution >= 4 is 17.3 Å². The van der Waals surface area contributed by atoms with E-state index in [-0.39, 0.29) is 6.10 Å². The highest BCUT2D eigenvalue weighted by Gasteiger charge is 2.19. The first-order chi connectivity index (χ1) is 10.2. The molecule has 2 rings (SSSR count). The summed E-state index contributed by atoms with van der Waals surface area (Å²) < 4.78 is 0. The van der Waals surface area contributed by atoms with E-state index in [2.05, 4.69) is 39.8 Å². The molecule has 0 radical (unpaired) electrons. The second-order valence-corrected chi connectivity index (χ2v) is 6.37. The van der Waals surface area contributed by atoms with Gasteiger partial charge in [0.25, 0.3) is 0 Å². The van der Waals surface area contributed by atoms with Crippen molar-refractivity contribution in [3.63, 3.8) is 0 Å². The fourth-order valence-corrected chi connectivity index (χ4v) is 3.21. The smallest absolute Gasteiger partial charge is 0.191 e. The monoisotopic (exact) mass is 310 g/mol. The van der Waals surface area contributed by atoms with Crippen LogP contribution in [0.2, 0.25) is 0 Å². The van der Waals surface area contributed by atoms with Crippen LogP contribution in [-0.4, -0.2) is 34.7 Å². The standard InChI is InChI=1S/C15H26N4OS/c1-3-14-18-12(10-21-14)9-17-15(16-4-2)19-11-5-7-13(20)8-6-11/h10-11,13,20H,3-9H2,1-2H3,(H2,16,17,19). The first-order valence-corrected chi connectivity index (χ1v) is 8.75. The van der Waals surface area contributed by atoms with Crippen molar-refractivity contribution in [3.05, 3.63) is 16.1 Å². The van der Waals surface area contributed by atoms with Gasteiger partial charge in [-0.3, -0.25) is 0 Å². The maximum Gasteiger partial charge on any atom is 0.191 e. The minimum absolute atomic E-state index is 0.120. The Kier molecular flexibility index (Phi) is 6.45. The van der Waals surface area contributed by atoms with Gasteiger partial charge in [0.15, 0.2) is 5.96 Å². The zero-order valence-corrected chi connectivity index (χ0v) is 13.7. The van der Waals surface area contributed by atoms with E-state index >= 15 is 0 Å². The summed E-state index contributed by atoms with van der Waals surface area (Å²) in [5.41, 5.74) is 1.04. The van der Waals surface area contributed by atoms with Crippen molar-refractivity contribution in [2.75, 3.05) is 6.54 Å². The molecule has 0 spiro atoms. The van der Waals surface area contributed by atoms with Gasteiger partial charge in [0.1, 0.15) is 0 Å². The average Bonchev–Trinajstić information content (AvgIpc) is 2.95. The number of aliphatic hydroxyl groups excluding tert-OH is 1. The molecule has 0 aromatic carbocycles. The number of aliphatic hydroxyl groups is 1. The van der Waals surface area contributed by atoms with Gasteiger partial charge >= 0.3 is 0 Å². The lowest BCUT2D eigenvalue weighted by Crippen LogP contribution is -2.45. The van der Waals surface area contributed by atoms with Crippen molar-refractivity contribution in [3.8, 4) is 0 Å². The number of aliphatic imine (C=N–C) groups is 1. The van der Waals surface area contributed by atoms with E-state index in [1.165, 1.54) is 5.01 Å². The van der Waals surface area contributed by atoms with Crippen LogP contribution in [0.4, 0.5) is 0 Å². The molecule has 21 heavy (non-hydrogen) atoms. The van der Waals surface area contributed by atoms with Crippen LogP contribution >= 0.6 is 11.3 Å². The fourth-order valence-electron chi connectivity index (χ4n) is 2.48. The predicted octanol–water partition coefficient (Wildman–Crippen LogP) is 2.06. The van der Waals surface area contributed by atoms with Crippen LogP contribution in [0, 0.1) is 0 Å². The van der Waals surface area contributed by atoms with E-state index in [1.807, 2.05) is 0 Å². The summed E-state index contributed by atoms with van der Waals surface area (Å²) >= 11 is 1.70. The van der Waals surface area contributed by atoms with Crippen LogP contribution in [0.25, 0.3) is 0 Å². The molecule has 1 aromatic heterocycles. The van der Waals surface area contributed by atoms with Gasteiger partial charge in [0.05, 0.1) is 23.4 Å². The first kappa shape index (κ1) is 16.2. The zero-order valence-electron chi connectivity index (χ0n) is 12.9. The number of rotatable bonds is 5. The summed E-state index contributed by atoms with van der Waals surface area (Å²) in [7, 11) is 0. The summed E-state index contributed by atoms with van der Waals surface area (Å²) in [5.74, 6) is 0.852. The van der Waals surface area contributed by atoms with Gasteiger partial charge < -0.3 is 15.7 Å². The quantitative estimate of drug-likeness (QED) is 0.575. The Balaban J connectivity index is 1.89. The summed E-state index contributed by atoms with van der Waals surface area (Å²) in [6, 6.07) is 0.410. The van der Waals surface area contributed by atoms with E-state index in [0.29, 0.717) is 12.6 Å². The third-order valence-corrected chi connectivity index (χ3v) is 4.72. The molecule has 1 aliphatic rings. The van der Waals surface area contributed by atoms with Crippen LogP contribution in [0.15, 0.2) is 10.4 Å². The van der Waals surface area contributed by atoms with Crippen LogP contribution < -0.4 is 10.6 Å². The number of nitrogens with zero attached hydrogens (tertiary/aromatic N) is 2. The molecule has 3 N–H and O–H groups in total. The lowest BCUT2D eigenvalue weighted by atomic mass is 9.93. The fraction of sp³-hybridized carbons (Fsp3) is 0.733. The third kappa shape index (κ3) is 5.28. The molecule has 0 bridgehead atoms. The maximum absolute atomic E-state index is 9.56. The lowest BCUT2D eigenvalue weighted by Gasteiger charge is -2.27. The summed E-state index contributed by atoms with van der Waals surface area (Å²) in [4.78, 5) is 9.16. The van der Waals surface area contributed by atoms with Crippen molar-refractivity contribution in [2.24, 2.45) is 4.99 Å². The van der Waals surface area contributed by atoms with Gasteiger partial charge in [-0.25, -0.2) is 9.98 Å². The molecule has 1 fully saturated rings. The van der Waals surface area contributed by atoms with Crippen molar-refractivity contribution < 1.29 is 5.11 Å². The highest BCUT2D eigenvalue weighted by molar-refractivity contribution is 7.09. The molecular weight excluding hydrogens is 284 g/mol. The van der Waals surface area contributed by atoms with Gasteiger partial charge in [-0.1, -0.05) is 6.92 Å². The lowest BCUT2D eigenvalue weighted by molar-refractivity contribution is 0.120. The third-order valence-electron chi connectivity index (χ3n) is 3.68. The average molecular weight is 310 g/mol. The topological polar surface area (TPSA) is 69.5 Å². The minimum atomic E-state index is -0.120. The molecule has 0 atom stereocenters. The molecule has 1 saturated carbocycles. The maximum atomic E-state index is 9.56. The Morgan fingerprint density at radius 1 is 1.38 bits per heavy atom. The summed E-state index contributed by atoms with van der Waals surface area (Å²) in [5, 5.41) is 19.6. The summed E-state index contributed by atoms with van der Waals surface area (Å²) in [6.45, 7) is 5.65. The summed E-state index contributed by atoms with van der Waals surface area (Å²) in [6.07, 6.45) is 4.62. The van der Waals surface area contributed by atoms with E-state index in [4.69, 9.17) is 0 Å². The van der Waals surface area contributed by atoms with E-state index < -0.39 is 0 Å². The molecule has 5 nitrogen and oxygen atoms in total. The Hall–Kier alpha value is -1.14. The number of guanidine groups is 1. The van der Waals surface area contributed by atoms with E-state index in [0.717, 1.165) is 50.3 Å². The number of thiazole rings is 1. The Morgan fingerprint density at radius 3 is 2.76 bits per heavy atom. The van der Waals surface area contributed by atoms with Gasteiger partial charge in [0, 0.05) is 18.0 Å². The van der Waals surface area contributed by atoms with Crippen LogP contribution in [0.1, 0.15) is 50.2 Å². The van der Waals surface area contributed by atoms with E-state index in [1.54, 1.807) is 11.3 Å². The molecule has 0 saturated heterocycles. The Labute approximate surface area is 130 Å². The van der Waals surface area contributed by atoms with Gasteiger partial charge in [-0.05, 0) is 39.0 Å². The normalized spacial score (nSPS) is 23.1. The molecule has 0 unspecified atom stereocenters. The largest absolute Gasteiger partial charge is 0.393 e. The molecule has 0 amide bonds. The first-order valence-electron chi connectivity index (χ1n) is 7.87. The predicted molar refractivity (Wildman–Crippen MR) is 87.7 cm³/mol. The SMILES string of the molecule is CCNC(=NCc1csc(CC)n1)NC1CCC(O)CC1. The minimum Gasteiger partial charge on any atom is -0.393 e. The highest BCUT2D eigenvalue weighted by Crippen LogP contribution is 2.18. The van der Waals surface area contributed by atoms with Crippen LogP contribution in [0.3, 0.4) is 0 Å². The molecule has 1 aromatic rings. The number of hydrogen-bond acceptors (Lipinski definition) is 4. The van der Waals surface area contributed by atoms with Crippen molar-refractivity contribution in [1.29, 1.82) is 0 Å². The second kappa shape index (κ2) is 8.34. The van der Waals surface area contributed by atoms with Gasteiger partial charge in [-0.15, -0.1) is 11.3 Å². The van der Waals surface area contributed by atoms with Crippen LogP contribution in [0.5, 0.6) is 0 Å². The molecule has 6 heteroatoms.